The quantitative estimate of drug-likeness (QED) is 0.234. The van der Waals surface area contributed by atoms with E-state index < -0.39 is 73.3 Å². The zero-order valence-electron chi connectivity index (χ0n) is 31.3. The van der Waals surface area contributed by atoms with Crippen molar-refractivity contribution in [2.75, 3.05) is 6.61 Å². The molecule has 51 heavy (non-hydrogen) atoms. The van der Waals surface area contributed by atoms with E-state index in [0.29, 0.717) is 41.9 Å². The van der Waals surface area contributed by atoms with Gasteiger partial charge >= 0.3 is 0 Å². The maximum Gasteiger partial charge on any atom is 0.187 e. The molecule has 4 heterocycles. The number of ether oxygens (including phenoxy) is 6. The van der Waals surface area contributed by atoms with Crippen LogP contribution in [0.25, 0.3) is 0 Å². The van der Waals surface area contributed by atoms with Crippen molar-refractivity contribution in [1.29, 1.82) is 0 Å². The number of aliphatic hydroxyl groups excluding tert-OH is 6. The molecule has 292 valence electrons. The van der Waals surface area contributed by atoms with Crippen LogP contribution in [0.5, 0.6) is 0 Å². The van der Waals surface area contributed by atoms with Gasteiger partial charge in [-0.25, -0.2) is 0 Å². The molecule has 4 aliphatic carbocycles. The highest BCUT2D eigenvalue weighted by Crippen LogP contribution is 2.71. The molecule has 6 N–H and O–H groups in total. The third kappa shape index (κ3) is 5.83. The van der Waals surface area contributed by atoms with E-state index in [-0.39, 0.29) is 29.0 Å². The van der Waals surface area contributed by atoms with E-state index in [2.05, 4.69) is 27.7 Å². The van der Waals surface area contributed by atoms with Gasteiger partial charge in [0.05, 0.1) is 37.1 Å². The van der Waals surface area contributed by atoms with Gasteiger partial charge in [-0.1, -0.05) is 27.7 Å². The van der Waals surface area contributed by atoms with Gasteiger partial charge in [0, 0.05) is 12.3 Å². The Hall–Kier alpha value is -0.480. The van der Waals surface area contributed by atoms with Crippen molar-refractivity contribution in [3.8, 4) is 0 Å². The molecule has 4 aliphatic heterocycles. The van der Waals surface area contributed by atoms with Gasteiger partial charge in [0.15, 0.2) is 18.4 Å². The van der Waals surface area contributed by atoms with Crippen LogP contribution >= 0.6 is 0 Å². The first kappa shape index (κ1) is 37.4. The van der Waals surface area contributed by atoms with E-state index in [9.17, 15) is 30.6 Å². The molecule has 12 nitrogen and oxygen atoms in total. The van der Waals surface area contributed by atoms with E-state index in [4.69, 9.17) is 28.4 Å². The van der Waals surface area contributed by atoms with Crippen LogP contribution in [-0.4, -0.2) is 123 Å². The first-order chi connectivity index (χ1) is 24.1. The number of hydrogen-bond acceptors (Lipinski definition) is 12. The van der Waals surface area contributed by atoms with Crippen LogP contribution in [0.15, 0.2) is 0 Å². The predicted molar refractivity (Wildman–Crippen MR) is 182 cm³/mol. The maximum absolute atomic E-state index is 11.7. The van der Waals surface area contributed by atoms with Gasteiger partial charge in [0.25, 0.3) is 0 Å². The lowest BCUT2D eigenvalue weighted by Gasteiger charge is -2.63. The molecule has 23 atom stereocenters. The number of hydrogen-bond donors (Lipinski definition) is 6. The third-order valence-corrected chi connectivity index (χ3v) is 16.1. The van der Waals surface area contributed by atoms with Crippen molar-refractivity contribution in [3.05, 3.63) is 0 Å². The van der Waals surface area contributed by atoms with Crippen LogP contribution in [-0.2, 0) is 28.4 Å². The SMILES string of the molecule is C[C@H]1CC[C@@]2(OC1)O[C@H]1C[C@H]3[C@@H]4C[C@H](O[C@@H]5O[C@H](C)[C@@H](O)[C@H](O[C@@H]6O[C@@H](C)[C@H](O)[C@@H](O)[C@H]6O)[C@H]5O)[C@H]5C[C@@H](O)CC[C@]5(C)[C@H]4CC[C@]3(C)[C@H]1[C@@H]2C. The Morgan fingerprint density at radius 3 is 2.02 bits per heavy atom. The van der Waals surface area contributed by atoms with Crippen LogP contribution in [0.1, 0.15) is 99.3 Å². The van der Waals surface area contributed by atoms with Gasteiger partial charge in [-0.2, -0.15) is 0 Å². The van der Waals surface area contributed by atoms with Gasteiger partial charge in [-0.15, -0.1) is 0 Å². The number of rotatable bonds is 4. The molecule has 8 fully saturated rings. The Balaban J connectivity index is 1.04. The molecular weight excluding hydrogens is 660 g/mol. The normalized spacial score (nSPS) is 61.4. The highest BCUT2D eigenvalue weighted by atomic mass is 16.7. The average Bonchev–Trinajstić information content (AvgIpc) is 3.54. The van der Waals surface area contributed by atoms with Crippen molar-refractivity contribution in [1.82, 2.24) is 0 Å². The molecule has 0 radical (unpaired) electrons. The van der Waals surface area contributed by atoms with Crippen molar-refractivity contribution >= 4 is 0 Å². The number of fused-ring (bicyclic) bond motifs is 7. The second-order valence-corrected chi connectivity index (χ2v) is 18.8. The van der Waals surface area contributed by atoms with Crippen molar-refractivity contribution in [2.24, 2.45) is 52.3 Å². The zero-order valence-corrected chi connectivity index (χ0v) is 31.3. The van der Waals surface area contributed by atoms with Crippen molar-refractivity contribution in [3.63, 3.8) is 0 Å². The summed E-state index contributed by atoms with van der Waals surface area (Å²) in [5.74, 6) is 2.22. The molecule has 0 unspecified atom stereocenters. The lowest BCUT2D eigenvalue weighted by molar-refractivity contribution is -0.363. The van der Waals surface area contributed by atoms with E-state index in [1.165, 1.54) is 0 Å². The lowest BCUT2D eigenvalue weighted by atomic mass is 9.43. The first-order valence-corrected chi connectivity index (χ1v) is 20.1. The van der Waals surface area contributed by atoms with E-state index in [1.54, 1.807) is 13.8 Å². The Morgan fingerprint density at radius 2 is 1.31 bits per heavy atom. The summed E-state index contributed by atoms with van der Waals surface area (Å²) in [4.78, 5) is 0. The maximum atomic E-state index is 11.7. The molecule has 0 amide bonds. The fraction of sp³-hybridized carbons (Fsp3) is 1.00. The molecule has 0 aromatic heterocycles. The number of aliphatic hydroxyl groups is 6. The highest BCUT2D eigenvalue weighted by molar-refractivity contribution is 5.16. The summed E-state index contributed by atoms with van der Waals surface area (Å²) in [6, 6.07) is 0. The standard InChI is InChI=1S/C39H64O12/c1-17-7-12-39(46-16-17)18(2)28-27(51-39)15-24-22-14-26(25-13-21(40)8-10-37(25,5)23(22)9-11-38(24,28)6)49-36-33(45)34(30(42)20(4)48-36)50-35-32(44)31(43)29(41)19(3)47-35/h17-36,40-45H,7-16H2,1-6H3/t17-,18-,19-,20+,21-,22+,23-,24-,25+,26-,27-,28-,29-,30+,31+,32+,33+,34-,35-,36-,37+,38-,39+/m0/s1. The summed E-state index contributed by atoms with van der Waals surface area (Å²) in [5, 5.41) is 65.0. The van der Waals surface area contributed by atoms with Crippen LogP contribution < -0.4 is 0 Å². The van der Waals surface area contributed by atoms with Crippen molar-refractivity contribution in [2.45, 2.75) is 185 Å². The van der Waals surface area contributed by atoms with E-state index in [1.807, 2.05) is 0 Å². The van der Waals surface area contributed by atoms with Gasteiger partial charge in [-0.05, 0) is 112 Å². The minimum atomic E-state index is -1.59. The van der Waals surface area contributed by atoms with Crippen LogP contribution in [0, 0.1) is 52.3 Å². The summed E-state index contributed by atoms with van der Waals surface area (Å²) in [6.07, 6.45) is -4.60. The molecule has 1 spiro atoms. The van der Waals surface area contributed by atoms with Crippen molar-refractivity contribution < 1.29 is 59.1 Å². The largest absolute Gasteiger partial charge is 0.393 e. The Labute approximate surface area is 302 Å². The topological polar surface area (TPSA) is 177 Å². The molecule has 8 aliphatic rings. The lowest BCUT2D eigenvalue weighted by Crippen LogP contribution is -2.64. The molecule has 0 bridgehead atoms. The van der Waals surface area contributed by atoms with Crippen LogP contribution in [0.3, 0.4) is 0 Å². The minimum absolute atomic E-state index is 0.0575. The highest BCUT2D eigenvalue weighted by Gasteiger charge is 2.70. The summed E-state index contributed by atoms with van der Waals surface area (Å²) in [5.41, 5.74) is 0.0492. The first-order valence-electron chi connectivity index (χ1n) is 20.1. The van der Waals surface area contributed by atoms with Gasteiger partial charge < -0.3 is 59.1 Å². The van der Waals surface area contributed by atoms with E-state index >= 15 is 0 Å². The second kappa shape index (κ2) is 13.3. The third-order valence-electron chi connectivity index (χ3n) is 16.1. The van der Waals surface area contributed by atoms with Crippen LogP contribution in [0.2, 0.25) is 0 Å². The molecule has 0 aromatic carbocycles. The predicted octanol–water partition coefficient (Wildman–Crippen LogP) is 2.47. The summed E-state index contributed by atoms with van der Waals surface area (Å²) >= 11 is 0. The Bertz CT molecular complexity index is 1260. The molecule has 4 saturated heterocycles. The summed E-state index contributed by atoms with van der Waals surface area (Å²) in [7, 11) is 0. The molecule has 8 rings (SSSR count). The molecular formula is C39H64O12. The van der Waals surface area contributed by atoms with Gasteiger partial charge in [0.1, 0.15) is 36.6 Å². The average molecular weight is 725 g/mol. The smallest absolute Gasteiger partial charge is 0.187 e. The Morgan fingerprint density at radius 1 is 0.627 bits per heavy atom. The Kier molecular flexibility index (Phi) is 9.79. The monoisotopic (exact) mass is 724 g/mol. The van der Waals surface area contributed by atoms with Crippen LogP contribution in [0.4, 0.5) is 0 Å². The fourth-order valence-electron chi connectivity index (χ4n) is 13.1. The zero-order chi connectivity index (χ0) is 36.4. The fourth-order valence-corrected chi connectivity index (χ4v) is 13.1. The second-order valence-electron chi connectivity index (χ2n) is 18.8. The minimum Gasteiger partial charge on any atom is -0.393 e. The molecule has 0 aromatic rings. The molecule has 4 saturated carbocycles. The van der Waals surface area contributed by atoms with E-state index in [0.717, 1.165) is 58.0 Å². The summed E-state index contributed by atoms with van der Waals surface area (Å²) in [6.45, 7) is 13.5. The summed E-state index contributed by atoms with van der Waals surface area (Å²) < 4.78 is 38.2. The van der Waals surface area contributed by atoms with Gasteiger partial charge in [0.2, 0.25) is 0 Å². The molecule has 12 heteroatoms. The van der Waals surface area contributed by atoms with Gasteiger partial charge in [-0.3, -0.25) is 0 Å².